The van der Waals surface area contributed by atoms with E-state index in [0.717, 1.165) is 28.6 Å². The summed E-state index contributed by atoms with van der Waals surface area (Å²) in [5.74, 6) is -6.16. The second-order valence-corrected chi connectivity index (χ2v) is 18.6. The number of nitrogens with zero attached hydrogens (tertiary/aromatic N) is 3. The predicted octanol–water partition coefficient (Wildman–Crippen LogP) is -1.48. The number of fused-ring (bicyclic) bond motifs is 1. The number of aliphatic hydroxyl groups is 1. The average molecular weight is 1060 g/mol. The number of rotatable bonds is 29. The van der Waals surface area contributed by atoms with Gasteiger partial charge in [0.15, 0.2) is 12.2 Å². The van der Waals surface area contributed by atoms with Gasteiger partial charge in [0.25, 0.3) is 0 Å². The summed E-state index contributed by atoms with van der Waals surface area (Å²) >= 11 is 8.42. The SMILES string of the molecule is CCCCC1NC(=O)N(C(CS)C(=O)NC(C)C(=O)NC(Cc2cnc[nH]2)C(=O)NC(Cc2ccccc2)C(=O)NC(CCCN=C(N)N)C(=O)NC(Cc2c[nH]c3ccccc23)C(=O)NC(CS)C(N)=O)C1O. The van der Waals surface area contributed by atoms with E-state index in [2.05, 4.69) is 82.4 Å². The molecule has 9 unspecified atom stereocenters. The number of imidazole rings is 1. The highest BCUT2D eigenvalue weighted by atomic mass is 32.1. The van der Waals surface area contributed by atoms with Crippen LogP contribution in [0.15, 0.2) is 78.3 Å². The number of nitrogens with one attached hydrogen (secondary N) is 9. The second-order valence-electron chi connectivity index (χ2n) is 17.8. The third kappa shape index (κ3) is 16.3. The number of carbonyl (C=O) groups excluding carboxylic acids is 8. The van der Waals surface area contributed by atoms with Crippen molar-refractivity contribution in [3.63, 3.8) is 0 Å². The summed E-state index contributed by atoms with van der Waals surface area (Å²) in [7, 11) is 0. The van der Waals surface area contributed by atoms with Crippen LogP contribution in [0.1, 0.15) is 62.8 Å². The Labute approximate surface area is 438 Å². The molecule has 0 aliphatic carbocycles. The summed E-state index contributed by atoms with van der Waals surface area (Å²) in [6.45, 7) is 3.40. The van der Waals surface area contributed by atoms with Crippen molar-refractivity contribution in [1.29, 1.82) is 0 Å². The maximum absolute atomic E-state index is 14.6. The number of hydrogen-bond acceptors (Lipinski definition) is 13. The van der Waals surface area contributed by atoms with Crippen LogP contribution in [0.3, 0.4) is 0 Å². The molecule has 1 fully saturated rings. The fraction of sp³-hybridized carbons (Fsp3) is 0.458. The third-order valence-electron chi connectivity index (χ3n) is 12.3. The third-order valence-corrected chi connectivity index (χ3v) is 13.0. The topological polar surface area (TPSA) is 379 Å². The molecule has 74 heavy (non-hydrogen) atoms. The van der Waals surface area contributed by atoms with Gasteiger partial charge in [0.2, 0.25) is 41.4 Å². The molecular weight excluding hydrogens is 995 g/mol. The lowest BCUT2D eigenvalue weighted by atomic mass is 10.0. The van der Waals surface area contributed by atoms with E-state index in [0.29, 0.717) is 23.2 Å². The van der Waals surface area contributed by atoms with Gasteiger partial charge in [-0.1, -0.05) is 68.3 Å². The summed E-state index contributed by atoms with van der Waals surface area (Å²) in [5.41, 5.74) is 19.1. The fourth-order valence-electron chi connectivity index (χ4n) is 8.24. The molecule has 1 aliphatic rings. The smallest absolute Gasteiger partial charge is 0.320 e. The van der Waals surface area contributed by atoms with Gasteiger partial charge < -0.3 is 69.5 Å². The summed E-state index contributed by atoms with van der Waals surface area (Å²) in [6.07, 6.45) is 5.02. The van der Waals surface area contributed by atoms with Gasteiger partial charge in [0.1, 0.15) is 42.3 Å². The summed E-state index contributed by atoms with van der Waals surface area (Å²) in [6, 6.07) is 5.57. The van der Waals surface area contributed by atoms with Crippen molar-refractivity contribution in [3.05, 3.63) is 90.1 Å². The average Bonchev–Trinajstić information content (AvgIpc) is 4.12. The number of amides is 9. The molecule has 2 aromatic carbocycles. The lowest BCUT2D eigenvalue weighted by Crippen LogP contribution is -2.61. The number of H-pyrrole nitrogens is 2. The fourth-order valence-corrected chi connectivity index (χ4v) is 8.86. The van der Waals surface area contributed by atoms with Gasteiger partial charge in [-0.05, 0) is 43.4 Å². The van der Waals surface area contributed by atoms with Crippen LogP contribution >= 0.6 is 25.3 Å². The minimum absolute atomic E-state index is 0.0548. The Kier molecular flexibility index (Phi) is 22.0. The van der Waals surface area contributed by atoms with Gasteiger partial charge in [0.05, 0.1) is 12.4 Å². The molecule has 9 atom stereocenters. The molecule has 1 saturated heterocycles. The number of thiol groups is 2. The van der Waals surface area contributed by atoms with Crippen molar-refractivity contribution in [2.75, 3.05) is 18.1 Å². The van der Waals surface area contributed by atoms with Crippen molar-refractivity contribution in [2.24, 2.45) is 22.2 Å². The number of para-hydroxylation sites is 1. The van der Waals surface area contributed by atoms with Crippen LogP contribution < -0.4 is 54.4 Å². The van der Waals surface area contributed by atoms with Crippen molar-refractivity contribution < 1.29 is 43.5 Å². The highest BCUT2D eigenvalue weighted by Crippen LogP contribution is 2.22. The minimum atomic E-state index is -1.39. The first-order valence-corrected chi connectivity index (χ1v) is 25.4. The Bertz CT molecular complexity index is 2580. The van der Waals surface area contributed by atoms with E-state index in [1.807, 2.05) is 31.2 Å². The zero-order valence-electron chi connectivity index (χ0n) is 41.1. The van der Waals surface area contributed by atoms with Crippen LogP contribution in [0.25, 0.3) is 10.9 Å². The Morgan fingerprint density at radius 3 is 1.97 bits per heavy atom. The number of hydrogen-bond donors (Lipinski definition) is 15. The van der Waals surface area contributed by atoms with Crippen LogP contribution in [-0.2, 0) is 52.8 Å². The zero-order chi connectivity index (χ0) is 53.9. The molecule has 24 nitrogen and oxygen atoms in total. The van der Waals surface area contributed by atoms with Gasteiger partial charge in [-0.2, -0.15) is 25.3 Å². The molecule has 0 radical (unpaired) electrons. The number of aliphatic hydroxyl groups excluding tert-OH is 1. The van der Waals surface area contributed by atoms with Gasteiger partial charge >= 0.3 is 6.03 Å². The number of aromatic amines is 2. The van der Waals surface area contributed by atoms with E-state index >= 15 is 0 Å². The van der Waals surface area contributed by atoms with E-state index in [9.17, 15) is 43.5 Å². The molecule has 5 rings (SSSR count). The maximum atomic E-state index is 14.6. The van der Waals surface area contributed by atoms with Gasteiger partial charge in [-0.15, -0.1) is 0 Å². The van der Waals surface area contributed by atoms with E-state index in [1.54, 1.807) is 36.5 Å². The van der Waals surface area contributed by atoms with Crippen LogP contribution in [0.2, 0.25) is 0 Å². The predicted molar refractivity (Wildman–Crippen MR) is 282 cm³/mol. The normalized spacial score (nSPS) is 17.0. The summed E-state index contributed by atoms with van der Waals surface area (Å²) in [5, 5.41) is 30.4. The van der Waals surface area contributed by atoms with Crippen molar-refractivity contribution >= 4 is 89.5 Å². The van der Waals surface area contributed by atoms with E-state index in [1.165, 1.54) is 19.4 Å². The van der Waals surface area contributed by atoms with Crippen LogP contribution in [-0.4, -0.2) is 151 Å². The lowest BCUT2D eigenvalue weighted by Gasteiger charge is -2.30. The second kappa shape index (κ2) is 28.2. The van der Waals surface area contributed by atoms with Gasteiger partial charge in [-0.25, -0.2) is 9.78 Å². The Balaban J connectivity index is 1.38. The maximum Gasteiger partial charge on any atom is 0.320 e. The number of nitrogens with two attached hydrogens (primary N) is 3. The first kappa shape index (κ1) is 57.6. The van der Waals surface area contributed by atoms with Crippen LogP contribution in [0.4, 0.5) is 4.79 Å². The number of primary amides is 1. The molecule has 0 bridgehead atoms. The molecule has 400 valence electrons. The Hall–Kier alpha value is -7.32. The monoisotopic (exact) mass is 1060 g/mol. The Morgan fingerprint density at radius 1 is 0.743 bits per heavy atom. The number of benzene rings is 2. The molecule has 2 aromatic heterocycles. The number of unbranched alkanes of at least 4 members (excludes halogenated alkanes) is 1. The number of guanidine groups is 1. The molecule has 9 amide bonds. The van der Waals surface area contributed by atoms with Crippen molar-refractivity contribution in [3.8, 4) is 0 Å². The van der Waals surface area contributed by atoms with Crippen molar-refractivity contribution in [2.45, 2.75) is 120 Å². The number of carbonyl (C=O) groups is 8. The largest absolute Gasteiger partial charge is 0.371 e. The number of aromatic nitrogens is 3. The van der Waals surface area contributed by atoms with Gasteiger partial charge in [-0.3, -0.25) is 43.5 Å². The lowest BCUT2D eigenvalue weighted by molar-refractivity contribution is -0.135. The minimum Gasteiger partial charge on any atom is -0.371 e. The van der Waals surface area contributed by atoms with E-state index in [4.69, 9.17) is 17.2 Å². The van der Waals surface area contributed by atoms with E-state index < -0.39 is 102 Å². The first-order valence-electron chi connectivity index (χ1n) is 24.2. The molecule has 16 N–H and O–H groups in total. The Morgan fingerprint density at radius 2 is 1.35 bits per heavy atom. The van der Waals surface area contributed by atoms with Crippen molar-refractivity contribution in [1.82, 2.24) is 57.1 Å². The molecule has 0 saturated carbocycles. The summed E-state index contributed by atoms with van der Waals surface area (Å²) < 4.78 is 0. The highest BCUT2D eigenvalue weighted by Gasteiger charge is 2.44. The zero-order valence-corrected chi connectivity index (χ0v) is 42.9. The molecule has 4 aromatic rings. The van der Waals surface area contributed by atoms with Crippen LogP contribution in [0.5, 0.6) is 0 Å². The standard InChI is InChI=1S/C48H67N15O9S2/c1-3-4-14-33-46(71)63(48(72)62-33)38(24-74)45(70)56-26(2)40(65)58-36(20-29-22-52-25-55-29)44(69)59-34(18-27-11-6-5-7-12-27)42(67)57-32(16-10-17-53-47(50)51)41(66)60-35(43(68)61-37(23-73)39(49)64)19-28-21-54-31-15-9-8-13-30(28)31/h5-9,11-13,15,21-22,25-26,32-38,46,54,71,73-74H,3-4,10,14,16-20,23-24H2,1-2H3,(H2,49,64)(H,52,55)(H,56,70)(H,57,67)(H,58,65)(H,59,69)(H,60,66)(H,61,68)(H,62,72)(H4,50,51,53). The highest BCUT2D eigenvalue weighted by molar-refractivity contribution is 7.80. The molecule has 3 heterocycles. The summed E-state index contributed by atoms with van der Waals surface area (Å²) in [4.78, 5) is 125. The number of urea groups is 1. The first-order chi connectivity index (χ1) is 35.4. The van der Waals surface area contributed by atoms with Gasteiger partial charge in [0, 0.05) is 66.3 Å². The molecule has 26 heteroatoms. The molecular formula is C48H67N15O9S2. The quantitative estimate of drug-likeness (QED) is 0.0128. The van der Waals surface area contributed by atoms with Crippen LogP contribution in [0, 0.1) is 0 Å². The number of aliphatic imine (C=N–C) groups is 1. The molecule has 0 spiro atoms. The van der Waals surface area contributed by atoms with E-state index in [-0.39, 0.29) is 56.1 Å². The molecule has 1 aliphatic heterocycles.